The Morgan fingerprint density at radius 2 is 1.76 bits per heavy atom. The van der Waals surface area contributed by atoms with Gasteiger partial charge in [0, 0.05) is 40.1 Å². The number of H-pyrrole nitrogens is 1. The van der Waals surface area contributed by atoms with Gasteiger partial charge in [-0.3, -0.25) is 4.98 Å². The highest BCUT2D eigenvalue weighted by molar-refractivity contribution is 6.31. The van der Waals surface area contributed by atoms with Crippen LogP contribution in [0.3, 0.4) is 0 Å². The SMILES string of the molecule is Clc1ccc2c(OCCCOc3cccc4[nH]ccc34)ccnc2c1. The molecule has 0 saturated carbocycles. The number of aromatic nitrogens is 2. The van der Waals surface area contributed by atoms with Gasteiger partial charge in [-0.2, -0.15) is 0 Å². The Kier molecular flexibility index (Phi) is 4.44. The summed E-state index contributed by atoms with van der Waals surface area (Å²) in [7, 11) is 0. The molecule has 1 N–H and O–H groups in total. The van der Waals surface area contributed by atoms with Crippen LogP contribution in [0.2, 0.25) is 5.02 Å². The van der Waals surface area contributed by atoms with Gasteiger partial charge in [-0.25, -0.2) is 0 Å². The van der Waals surface area contributed by atoms with Crippen LogP contribution >= 0.6 is 11.6 Å². The third kappa shape index (κ3) is 3.39. The van der Waals surface area contributed by atoms with E-state index < -0.39 is 0 Å². The normalized spacial score (nSPS) is 11.1. The standard InChI is InChI=1S/C20H17ClN2O2/c21-14-5-6-15-18(13-14)23-10-8-20(15)25-12-2-11-24-19-4-1-3-17-16(19)7-9-22-17/h1,3-10,13,22H,2,11-12H2. The van der Waals surface area contributed by atoms with Crippen LogP contribution < -0.4 is 9.47 Å². The minimum absolute atomic E-state index is 0.574. The number of benzene rings is 2. The average molecular weight is 353 g/mol. The van der Waals surface area contributed by atoms with E-state index in [2.05, 4.69) is 9.97 Å². The van der Waals surface area contributed by atoms with Crippen molar-refractivity contribution in [2.75, 3.05) is 13.2 Å². The first-order valence-electron chi connectivity index (χ1n) is 8.17. The molecule has 0 radical (unpaired) electrons. The number of fused-ring (bicyclic) bond motifs is 2. The molecule has 0 atom stereocenters. The zero-order chi connectivity index (χ0) is 17.1. The molecule has 0 fully saturated rings. The number of rotatable bonds is 6. The van der Waals surface area contributed by atoms with Crippen LogP contribution in [0, 0.1) is 0 Å². The van der Waals surface area contributed by atoms with Crippen molar-refractivity contribution in [1.29, 1.82) is 0 Å². The lowest BCUT2D eigenvalue weighted by Gasteiger charge is -2.10. The fourth-order valence-electron chi connectivity index (χ4n) is 2.83. The van der Waals surface area contributed by atoms with Crippen molar-refractivity contribution in [3.63, 3.8) is 0 Å². The molecule has 2 aromatic carbocycles. The number of nitrogens with zero attached hydrogens (tertiary/aromatic N) is 1. The van der Waals surface area contributed by atoms with Gasteiger partial charge in [0.1, 0.15) is 11.5 Å². The second-order valence-electron chi connectivity index (χ2n) is 5.72. The molecule has 4 aromatic rings. The lowest BCUT2D eigenvalue weighted by molar-refractivity contribution is 0.250. The smallest absolute Gasteiger partial charge is 0.130 e. The second-order valence-corrected chi connectivity index (χ2v) is 6.15. The maximum absolute atomic E-state index is 6.01. The lowest BCUT2D eigenvalue weighted by atomic mass is 10.2. The van der Waals surface area contributed by atoms with E-state index in [0.29, 0.717) is 18.2 Å². The highest BCUT2D eigenvalue weighted by Crippen LogP contribution is 2.27. The summed E-state index contributed by atoms with van der Waals surface area (Å²) >= 11 is 6.01. The molecule has 0 bridgehead atoms. The van der Waals surface area contributed by atoms with Crippen LogP contribution in [0.25, 0.3) is 21.8 Å². The molecule has 0 unspecified atom stereocenters. The second kappa shape index (κ2) is 7.03. The molecule has 2 heterocycles. The van der Waals surface area contributed by atoms with Crippen LogP contribution in [-0.4, -0.2) is 23.2 Å². The Morgan fingerprint density at radius 3 is 2.64 bits per heavy atom. The van der Waals surface area contributed by atoms with E-state index >= 15 is 0 Å². The van der Waals surface area contributed by atoms with Gasteiger partial charge in [0.05, 0.1) is 18.7 Å². The Balaban J connectivity index is 1.35. The van der Waals surface area contributed by atoms with Crippen molar-refractivity contribution in [3.8, 4) is 11.5 Å². The van der Waals surface area contributed by atoms with Crippen LogP contribution in [-0.2, 0) is 0 Å². The summed E-state index contributed by atoms with van der Waals surface area (Å²) in [6.45, 7) is 1.17. The molecule has 5 heteroatoms. The van der Waals surface area contributed by atoms with E-state index in [-0.39, 0.29) is 0 Å². The number of ether oxygens (including phenoxy) is 2. The summed E-state index contributed by atoms with van der Waals surface area (Å²) in [5.74, 6) is 1.71. The van der Waals surface area contributed by atoms with Crippen molar-refractivity contribution in [3.05, 3.63) is 65.9 Å². The zero-order valence-corrected chi connectivity index (χ0v) is 14.3. The number of aromatic amines is 1. The molecule has 25 heavy (non-hydrogen) atoms. The number of nitrogens with one attached hydrogen (secondary N) is 1. The van der Waals surface area contributed by atoms with E-state index in [1.165, 1.54) is 0 Å². The quantitative estimate of drug-likeness (QED) is 0.484. The molecule has 4 nitrogen and oxygen atoms in total. The van der Waals surface area contributed by atoms with Crippen LogP contribution in [0.1, 0.15) is 6.42 Å². The maximum atomic E-state index is 6.01. The summed E-state index contributed by atoms with van der Waals surface area (Å²) in [6.07, 6.45) is 4.44. The van der Waals surface area contributed by atoms with Gasteiger partial charge in [-0.1, -0.05) is 17.7 Å². The van der Waals surface area contributed by atoms with Gasteiger partial charge in [0.25, 0.3) is 0 Å². The minimum atomic E-state index is 0.574. The monoisotopic (exact) mass is 352 g/mol. The highest BCUT2D eigenvalue weighted by atomic mass is 35.5. The predicted molar refractivity (Wildman–Crippen MR) is 101 cm³/mol. The molecule has 0 amide bonds. The number of halogens is 1. The Hall–Kier alpha value is -2.72. The molecule has 126 valence electrons. The summed E-state index contributed by atoms with van der Waals surface area (Å²) in [5, 5.41) is 2.73. The lowest BCUT2D eigenvalue weighted by Crippen LogP contribution is -2.05. The van der Waals surface area contributed by atoms with Crippen molar-refractivity contribution in [2.45, 2.75) is 6.42 Å². The van der Waals surface area contributed by atoms with Gasteiger partial charge in [-0.05, 0) is 42.5 Å². The van der Waals surface area contributed by atoms with Gasteiger partial charge in [0.2, 0.25) is 0 Å². The highest BCUT2D eigenvalue weighted by Gasteiger charge is 2.05. The first-order valence-corrected chi connectivity index (χ1v) is 8.55. The van der Waals surface area contributed by atoms with E-state index in [4.69, 9.17) is 21.1 Å². The Morgan fingerprint density at radius 1 is 0.920 bits per heavy atom. The fourth-order valence-corrected chi connectivity index (χ4v) is 2.99. The summed E-state index contributed by atoms with van der Waals surface area (Å²) in [4.78, 5) is 7.50. The van der Waals surface area contributed by atoms with Crippen molar-refractivity contribution < 1.29 is 9.47 Å². The number of hydrogen-bond donors (Lipinski definition) is 1. The number of hydrogen-bond acceptors (Lipinski definition) is 3. The number of pyridine rings is 1. The van der Waals surface area contributed by atoms with Gasteiger partial charge in [-0.15, -0.1) is 0 Å². The van der Waals surface area contributed by atoms with Crippen molar-refractivity contribution in [2.24, 2.45) is 0 Å². The van der Waals surface area contributed by atoms with Gasteiger partial charge in [0.15, 0.2) is 0 Å². The molecule has 2 aromatic heterocycles. The molecule has 4 rings (SSSR count). The Labute approximate surface area is 150 Å². The predicted octanol–water partition coefficient (Wildman–Crippen LogP) is 5.22. The third-order valence-corrected chi connectivity index (χ3v) is 4.26. The Bertz CT molecular complexity index is 1010. The summed E-state index contributed by atoms with van der Waals surface area (Å²) < 4.78 is 11.8. The van der Waals surface area contributed by atoms with Crippen LogP contribution in [0.15, 0.2) is 60.9 Å². The van der Waals surface area contributed by atoms with Gasteiger partial charge >= 0.3 is 0 Å². The molecule has 0 aliphatic rings. The zero-order valence-electron chi connectivity index (χ0n) is 13.5. The first kappa shape index (κ1) is 15.8. The van der Waals surface area contributed by atoms with E-state index in [1.807, 2.05) is 54.7 Å². The minimum Gasteiger partial charge on any atom is -0.493 e. The van der Waals surface area contributed by atoms with Gasteiger partial charge < -0.3 is 14.5 Å². The van der Waals surface area contributed by atoms with Crippen molar-refractivity contribution >= 4 is 33.4 Å². The molecule has 0 aliphatic carbocycles. The van der Waals surface area contributed by atoms with E-state index in [9.17, 15) is 0 Å². The van der Waals surface area contributed by atoms with E-state index in [1.54, 1.807) is 6.20 Å². The largest absolute Gasteiger partial charge is 0.493 e. The first-order chi connectivity index (χ1) is 12.3. The van der Waals surface area contributed by atoms with Crippen molar-refractivity contribution in [1.82, 2.24) is 9.97 Å². The summed E-state index contributed by atoms with van der Waals surface area (Å²) in [5.41, 5.74) is 1.91. The summed E-state index contributed by atoms with van der Waals surface area (Å²) in [6, 6.07) is 15.5. The maximum Gasteiger partial charge on any atom is 0.130 e. The molecule has 0 spiro atoms. The van der Waals surface area contributed by atoms with Crippen LogP contribution in [0.4, 0.5) is 0 Å². The molecule has 0 aliphatic heterocycles. The van der Waals surface area contributed by atoms with Crippen LogP contribution in [0.5, 0.6) is 11.5 Å². The average Bonchev–Trinajstić information content (AvgIpc) is 3.10. The molecular formula is C20H17ClN2O2. The fraction of sp³-hybridized carbons (Fsp3) is 0.150. The van der Waals surface area contributed by atoms with E-state index in [0.717, 1.165) is 39.7 Å². The third-order valence-electron chi connectivity index (χ3n) is 4.02. The topological polar surface area (TPSA) is 47.1 Å². The molecular weight excluding hydrogens is 336 g/mol. The molecule has 0 saturated heterocycles.